The van der Waals surface area contributed by atoms with E-state index in [4.69, 9.17) is 16.0 Å². The molecule has 0 aliphatic carbocycles. The Balaban J connectivity index is 1.85. The zero-order valence-electron chi connectivity index (χ0n) is 12.1. The molecule has 1 aliphatic rings. The van der Waals surface area contributed by atoms with E-state index in [2.05, 4.69) is 32.1 Å². The van der Waals surface area contributed by atoms with Crippen LogP contribution in [0.15, 0.2) is 28.9 Å². The molecule has 3 aromatic rings. The third-order valence-electron chi connectivity index (χ3n) is 3.94. The summed E-state index contributed by atoms with van der Waals surface area (Å²) in [7, 11) is 0. The normalized spacial score (nSPS) is 19.0. The maximum atomic E-state index is 6.22. The van der Waals surface area contributed by atoms with Crippen LogP contribution < -0.4 is 10.2 Å². The minimum Gasteiger partial charge on any atom is -0.423 e. The molecular formula is C15H16ClN5O. The molecule has 3 heterocycles. The van der Waals surface area contributed by atoms with Crippen molar-refractivity contribution in [3.8, 4) is 11.4 Å². The second-order valence-corrected chi connectivity index (χ2v) is 5.92. The molecule has 0 unspecified atom stereocenters. The fourth-order valence-electron chi connectivity index (χ4n) is 2.82. The number of nitrogens with zero attached hydrogens (tertiary/aromatic N) is 3. The van der Waals surface area contributed by atoms with Gasteiger partial charge in [0.25, 0.3) is 6.01 Å². The van der Waals surface area contributed by atoms with E-state index in [9.17, 15) is 0 Å². The average molecular weight is 318 g/mol. The molecule has 2 aromatic heterocycles. The lowest BCUT2D eigenvalue weighted by atomic mass is 10.2. The maximum Gasteiger partial charge on any atom is 0.298 e. The zero-order chi connectivity index (χ0) is 15.1. The van der Waals surface area contributed by atoms with Gasteiger partial charge in [-0.25, -0.2) is 4.98 Å². The van der Waals surface area contributed by atoms with Crippen molar-refractivity contribution >= 4 is 28.7 Å². The van der Waals surface area contributed by atoms with Crippen LogP contribution in [0.2, 0.25) is 5.02 Å². The molecule has 0 radical (unpaired) electrons. The molecule has 0 bridgehead atoms. The van der Waals surface area contributed by atoms with Crippen molar-refractivity contribution in [2.45, 2.75) is 13.0 Å². The van der Waals surface area contributed by atoms with Crippen molar-refractivity contribution in [2.75, 3.05) is 24.5 Å². The first-order chi connectivity index (χ1) is 10.7. The molecule has 2 N–H and O–H groups in total. The Hall–Kier alpha value is -2.05. The van der Waals surface area contributed by atoms with E-state index in [1.807, 2.05) is 12.1 Å². The van der Waals surface area contributed by atoms with Crippen LogP contribution in [0.5, 0.6) is 0 Å². The monoisotopic (exact) mass is 317 g/mol. The number of imidazole rings is 1. The van der Waals surface area contributed by atoms with E-state index in [1.165, 1.54) is 0 Å². The van der Waals surface area contributed by atoms with Gasteiger partial charge >= 0.3 is 0 Å². The predicted molar refractivity (Wildman–Crippen MR) is 86.3 cm³/mol. The van der Waals surface area contributed by atoms with Crippen molar-refractivity contribution in [2.24, 2.45) is 0 Å². The Morgan fingerprint density at radius 1 is 1.41 bits per heavy atom. The van der Waals surface area contributed by atoms with Crippen LogP contribution in [-0.2, 0) is 0 Å². The van der Waals surface area contributed by atoms with E-state index in [0.717, 1.165) is 36.5 Å². The number of nitrogens with one attached hydrogen (secondary N) is 2. The van der Waals surface area contributed by atoms with Crippen molar-refractivity contribution in [3.63, 3.8) is 0 Å². The summed E-state index contributed by atoms with van der Waals surface area (Å²) in [5, 5.41) is 3.98. The van der Waals surface area contributed by atoms with Gasteiger partial charge in [0.2, 0.25) is 0 Å². The Morgan fingerprint density at radius 2 is 2.32 bits per heavy atom. The third-order valence-corrected chi connectivity index (χ3v) is 4.16. The van der Waals surface area contributed by atoms with Crippen molar-refractivity contribution in [3.05, 3.63) is 29.5 Å². The first-order valence-corrected chi connectivity index (χ1v) is 7.67. The maximum absolute atomic E-state index is 6.22. The number of anilines is 1. The highest BCUT2D eigenvalue weighted by molar-refractivity contribution is 6.31. The highest BCUT2D eigenvalue weighted by Gasteiger charge is 2.24. The molecule has 114 valence electrons. The van der Waals surface area contributed by atoms with Crippen LogP contribution in [0.4, 0.5) is 6.01 Å². The smallest absolute Gasteiger partial charge is 0.298 e. The number of hydrogen-bond donors (Lipinski definition) is 2. The predicted octanol–water partition coefficient (Wildman–Crippen LogP) is 2.67. The number of piperazine rings is 1. The van der Waals surface area contributed by atoms with Crippen LogP contribution in [0.1, 0.15) is 6.92 Å². The molecule has 1 fully saturated rings. The molecule has 1 aliphatic heterocycles. The van der Waals surface area contributed by atoms with Gasteiger partial charge in [-0.05, 0) is 19.1 Å². The van der Waals surface area contributed by atoms with Gasteiger partial charge < -0.3 is 19.6 Å². The standard InChI is InChI=1S/C15H16ClN5O/c1-9-8-17-4-5-21(9)15-20-12-7-10(16)6-11(13(12)22-15)14-18-2-3-19-14/h2-3,6-7,9,17H,4-5,8H2,1H3,(H,18,19)/t9-/m0/s1. The number of fused-ring (bicyclic) bond motifs is 1. The highest BCUT2D eigenvalue weighted by atomic mass is 35.5. The summed E-state index contributed by atoms with van der Waals surface area (Å²) < 4.78 is 6.06. The molecule has 1 atom stereocenters. The summed E-state index contributed by atoms with van der Waals surface area (Å²) in [6, 6.07) is 4.64. The second kappa shape index (κ2) is 5.30. The fourth-order valence-corrected chi connectivity index (χ4v) is 3.04. The van der Waals surface area contributed by atoms with Gasteiger partial charge in [0, 0.05) is 43.1 Å². The van der Waals surface area contributed by atoms with Gasteiger partial charge in [-0.1, -0.05) is 11.6 Å². The largest absolute Gasteiger partial charge is 0.423 e. The number of rotatable bonds is 2. The van der Waals surface area contributed by atoms with Crippen molar-refractivity contribution in [1.82, 2.24) is 20.3 Å². The van der Waals surface area contributed by atoms with Crippen LogP contribution in [0.3, 0.4) is 0 Å². The molecule has 1 aromatic carbocycles. The summed E-state index contributed by atoms with van der Waals surface area (Å²) in [6.07, 6.45) is 3.48. The SMILES string of the molecule is C[C@H]1CNCCN1c1nc2cc(Cl)cc(-c3ncc[nH]3)c2o1. The number of halogens is 1. The number of hydrogen-bond acceptors (Lipinski definition) is 5. The minimum absolute atomic E-state index is 0.337. The number of H-pyrrole nitrogens is 1. The van der Waals surface area contributed by atoms with Crippen molar-refractivity contribution in [1.29, 1.82) is 0 Å². The molecule has 6 nitrogen and oxygen atoms in total. The zero-order valence-corrected chi connectivity index (χ0v) is 12.9. The summed E-state index contributed by atoms with van der Waals surface area (Å²) >= 11 is 6.22. The van der Waals surface area contributed by atoms with E-state index in [1.54, 1.807) is 12.4 Å². The Labute approximate surface area is 132 Å². The summed E-state index contributed by atoms with van der Waals surface area (Å²) in [5.41, 5.74) is 2.29. The highest BCUT2D eigenvalue weighted by Crippen LogP contribution is 2.33. The minimum atomic E-state index is 0.337. The summed E-state index contributed by atoms with van der Waals surface area (Å²) in [4.78, 5) is 14.2. The summed E-state index contributed by atoms with van der Waals surface area (Å²) in [5.74, 6) is 0.726. The average Bonchev–Trinajstić information content (AvgIpc) is 3.15. The first kappa shape index (κ1) is 13.6. The van der Waals surface area contributed by atoms with E-state index in [0.29, 0.717) is 22.7 Å². The van der Waals surface area contributed by atoms with Gasteiger partial charge in [0.05, 0.1) is 5.56 Å². The van der Waals surface area contributed by atoms with Crippen LogP contribution >= 0.6 is 11.6 Å². The molecule has 0 spiro atoms. The van der Waals surface area contributed by atoms with Gasteiger partial charge in [-0.15, -0.1) is 0 Å². The van der Waals surface area contributed by atoms with Gasteiger partial charge in [0.15, 0.2) is 5.58 Å². The van der Waals surface area contributed by atoms with Crippen LogP contribution in [0, 0.1) is 0 Å². The Kier molecular flexibility index (Phi) is 3.28. The molecule has 22 heavy (non-hydrogen) atoms. The lowest BCUT2D eigenvalue weighted by molar-refractivity contribution is 0.456. The van der Waals surface area contributed by atoms with E-state index < -0.39 is 0 Å². The lowest BCUT2D eigenvalue weighted by Gasteiger charge is -2.32. The Bertz CT molecular complexity index is 798. The van der Waals surface area contributed by atoms with Crippen molar-refractivity contribution < 1.29 is 4.42 Å². The molecule has 0 saturated carbocycles. The second-order valence-electron chi connectivity index (χ2n) is 5.48. The number of aromatic nitrogens is 3. The number of oxazole rings is 1. The summed E-state index contributed by atoms with van der Waals surface area (Å²) in [6.45, 7) is 4.87. The fraction of sp³-hybridized carbons (Fsp3) is 0.333. The molecule has 0 amide bonds. The van der Waals surface area contributed by atoms with E-state index >= 15 is 0 Å². The number of benzene rings is 1. The molecular weight excluding hydrogens is 302 g/mol. The number of aromatic amines is 1. The topological polar surface area (TPSA) is 70.0 Å². The van der Waals surface area contributed by atoms with Crippen LogP contribution in [0.25, 0.3) is 22.5 Å². The van der Waals surface area contributed by atoms with Gasteiger partial charge in [0.1, 0.15) is 11.3 Å². The molecule has 4 rings (SSSR count). The lowest BCUT2D eigenvalue weighted by Crippen LogP contribution is -2.50. The van der Waals surface area contributed by atoms with E-state index in [-0.39, 0.29) is 0 Å². The van der Waals surface area contributed by atoms with Gasteiger partial charge in [-0.3, -0.25) is 0 Å². The Morgan fingerprint density at radius 3 is 3.09 bits per heavy atom. The third kappa shape index (κ3) is 2.24. The molecule has 7 heteroatoms. The quantitative estimate of drug-likeness (QED) is 0.760. The first-order valence-electron chi connectivity index (χ1n) is 7.29. The van der Waals surface area contributed by atoms with Gasteiger partial charge in [-0.2, -0.15) is 4.98 Å². The molecule has 1 saturated heterocycles. The van der Waals surface area contributed by atoms with Crippen LogP contribution in [-0.4, -0.2) is 40.6 Å².